The fraction of sp³-hybridized carbons (Fsp3) is 0.0833. The zero-order chi connectivity index (χ0) is 9.80. The van der Waals surface area contributed by atoms with Crippen LogP contribution in [0.2, 0.25) is 0 Å². The van der Waals surface area contributed by atoms with Crippen LogP contribution >= 0.6 is 0 Å². The number of rotatable bonds is 2. The highest BCUT2D eigenvalue weighted by Gasteiger charge is 2.02. The van der Waals surface area contributed by atoms with Crippen molar-refractivity contribution in [3.8, 4) is 11.1 Å². The van der Waals surface area contributed by atoms with Crippen LogP contribution in [0.3, 0.4) is 0 Å². The maximum atomic E-state index is 9.16. The lowest BCUT2D eigenvalue weighted by atomic mass is 10.0. The third-order valence-electron chi connectivity index (χ3n) is 2.16. The Morgan fingerprint density at radius 1 is 1.07 bits per heavy atom. The minimum atomic E-state index is 0.0606. The van der Waals surface area contributed by atoms with Crippen molar-refractivity contribution in [3.05, 3.63) is 54.4 Å². The highest BCUT2D eigenvalue weighted by Crippen LogP contribution is 2.22. The second-order valence-electron chi connectivity index (χ2n) is 3.06. The fourth-order valence-electron chi connectivity index (χ4n) is 1.46. The predicted octanol–water partition coefficient (Wildman–Crippen LogP) is 2.24. The average Bonchev–Trinajstić information content (AvgIpc) is 2.30. The van der Waals surface area contributed by atoms with Crippen molar-refractivity contribution >= 4 is 0 Å². The number of aliphatic hydroxyl groups is 1. The van der Waals surface area contributed by atoms with Crippen LogP contribution in [0.5, 0.6) is 0 Å². The molecular weight excluding hydrogens is 174 g/mol. The molecule has 0 fully saturated rings. The first-order valence-corrected chi connectivity index (χ1v) is 4.51. The lowest BCUT2D eigenvalue weighted by Gasteiger charge is -2.05. The van der Waals surface area contributed by atoms with Crippen molar-refractivity contribution in [3.63, 3.8) is 0 Å². The van der Waals surface area contributed by atoms with Crippen LogP contribution in [0.25, 0.3) is 11.1 Å². The second-order valence-corrected chi connectivity index (χ2v) is 3.06. The zero-order valence-corrected chi connectivity index (χ0v) is 7.72. The molecule has 0 bridgehead atoms. The van der Waals surface area contributed by atoms with Gasteiger partial charge in [-0.3, -0.25) is 4.98 Å². The molecule has 0 atom stereocenters. The molecule has 2 nitrogen and oxygen atoms in total. The minimum absolute atomic E-state index is 0.0606. The molecule has 1 aromatic heterocycles. The summed E-state index contributed by atoms with van der Waals surface area (Å²) in [4.78, 5) is 4.05. The van der Waals surface area contributed by atoms with Crippen LogP contribution in [0, 0.1) is 0 Å². The van der Waals surface area contributed by atoms with E-state index in [1.54, 1.807) is 12.4 Å². The van der Waals surface area contributed by atoms with Gasteiger partial charge in [0.15, 0.2) is 0 Å². The van der Waals surface area contributed by atoms with Gasteiger partial charge in [-0.05, 0) is 17.2 Å². The molecule has 1 N–H and O–H groups in total. The zero-order valence-electron chi connectivity index (χ0n) is 7.72. The van der Waals surface area contributed by atoms with Crippen LogP contribution in [-0.2, 0) is 6.61 Å². The van der Waals surface area contributed by atoms with Gasteiger partial charge in [0.05, 0.1) is 6.61 Å². The minimum Gasteiger partial charge on any atom is -0.392 e. The van der Waals surface area contributed by atoms with Crippen LogP contribution < -0.4 is 0 Å². The maximum Gasteiger partial charge on any atom is 0.0687 e. The van der Waals surface area contributed by atoms with E-state index in [4.69, 9.17) is 5.11 Å². The number of nitrogens with zero attached hydrogens (tertiary/aromatic N) is 1. The van der Waals surface area contributed by atoms with Gasteiger partial charge in [-0.25, -0.2) is 0 Å². The number of aromatic nitrogens is 1. The summed E-state index contributed by atoms with van der Waals surface area (Å²) >= 11 is 0. The Morgan fingerprint density at radius 2 is 1.93 bits per heavy atom. The molecular formula is C12H11NO. The molecule has 2 aromatic rings. The number of hydrogen-bond acceptors (Lipinski definition) is 2. The van der Waals surface area contributed by atoms with Crippen LogP contribution in [-0.4, -0.2) is 10.1 Å². The van der Waals surface area contributed by atoms with Gasteiger partial charge in [-0.2, -0.15) is 0 Å². The summed E-state index contributed by atoms with van der Waals surface area (Å²) in [6.07, 6.45) is 3.54. The summed E-state index contributed by atoms with van der Waals surface area (Å²) < 4.78 is 0. The Kier molecular flexibility index (Phi) is 2.56. The van der Waals surface area contributed by atoms with E-state index in [0.29, 0.717) is 0 Å². The Morgan fingerprint density at radius 3 is 2.64 bits per heavy atom. The molecule has 0 saturated heterocycles. The summed E-state index contributed by atoms with van der Waals surface area (Å²) in [5.74, 6) is 0. The molecule has 14 heavy (non-hydrogen) atoms. The molecule has 0 unspecified atom stereocenters. The first-order chi connectivity index (χ1) is 6.92. The molecule has 0 radical (unpaired) electrons. The van der Waals surface area contributed by atoms with Crippen molar-refractivity contribution in [1.29, 1.82) is 0 Å². The SMILES string of the molecule is OCc1ccccc1-c1cccnc1. The van der Waals surface area contributed by atoms with Gasteiger partial charge in [-0.15, -0.1) is 0 Å². The van der Waals surface area contributed by atoms with E-state index >= 15 is 0 Å². The maximum absolute atomic E-state index is 9.16. The lowest BCUT2D eigenvalue weighted by molar-refractivity contribution is 0.282. The highest BCUT2D eigenvalue weighted by molar-refractivity contribution is 5.66. The molecule has 0 aliphatic rings. The Balaban J connectivity index is 2.51. The van der Waals surface area contributed by atoms with Crippen molar-refractivity contribution in [2.24, 2.45) is 0 Å². The molecule has 0 aliphatic carbocycles. The standard InChI is InChI=1S/C12H11NO/c14-9-11-4-1-2-6-12(11)10-5-3-7-13-8-10/h1-8,14H,9H2. The van der Waals surface area contributed by atoms with Crippen molar-refractivity contribution in [2.75, 3.05) is 0 Å². The Labute approximate surface area is 82.9 Å². The highest BCUT2D eigenvalue weighted by atomic mass is 16.3. The summed E-state index contributed by atoms with van der Waals surface area (Å²) in [6, 6.07) is 11.7. The van der Waals surface area contributed by atoms with Gasteiger partial charge in [0.2, 0.25) is 0 Å². The molecule has 0 saturated carbocycles. The summed E-state index contributed by atoms with van der Waals surface area (Å²) in [6.45, 7) is 0.0606. The predicted molar refractivity (Wildman–Crippen MR) is 55.6 cm³/mol. The number of benzene rings is 1. The van der Waals surface area contributed by atoms with E-state index in [2.05, 4.69) is 4.98 Å². The largest absolute Gasteiger partial charge is 0.392 e. The molecule has 0 aliphatic heterocycles. The van der Waals surface area contributed by atoms with Crippen molar-refractivity contribution < 1.29 is 5.11 Å². The molecule has 2 heteroatoms. The van der Waals surface area contributed by atoms with Gasteiger partial charge >= 0.3 is 0 Å². The fourth-order valence-corrected chi connectivity index (χ4v) is 1.46. The van der Waals surface area contributed by atoms with E-state index in [1.165, 1.54) is 0 Å². The van der Waals surface area contributed by atoms with Crippen LogP contribution in [0.4, 0.5) is 0 Å². The molecule has 1 heterocycles. The molecule has 0 spiro atoms. The van der Waals surface area contributed by atoms with E-state index in [1.807, 2.05) is 36.4 Å². The third kappa shape index (κ3) is 1.65. The quantitative estimate of drug-likeness (QED) is 0.778. The summed E-state index contributed by atoms with van der Waals surface area (Å²) in [7, 11) is 0. The van der Waals surface area contributed by atoms with E-state index < -0.39 is 0 Å². The van der Waals surface area contributed by atoms with Gasteiger partial charge in [-0.1, -0.05) is 30.3 Å². The van der Waals surface area contributed by atoms with Crippen LogP contribution in [0.15, 0.2) is 48.8 Å². The van der Waals surface area contributed by atoms with Gasteiger partial charge in [0.25, 0.3) is 0 Å². The lowest BCUT2D eigenvalue weighted by Crippen LogP contribution is -1.88. The first-order valence-electron chi connectivity index (χ1n) is 4.51. The molecule has 70 valence electrons. The van der Waals surface area contributed by atoms with Gasteiger partial charge in [0, 0.05) is 18.0 Å². The molecule has 0 amide bonds. The summed E-state index contributed by atoms with van der Waals surface area (Å²) in [5.41, 5.74) is 3.01. The number of hydrogen-bond donors (Lipinski definition) is 1. The molecule has 1 aromatic carbocycles. The number of pyridine rings is 1. The third-order valence-corrected chi connectivity index (χ3v) is 2.16. The van der Waals surface area contributed by atoms with E-state index in [9.17, 15) is 0 Å². The van der Waals surface area contributed by atoms with E-state index in [0.717, 1.165) is 16.7 Å². The smallest absolute Gasteiger partial charge is 0.0687 e. The monoisotopic (exact) mass is 185 g/mol. The van der Waals surface area contributed by atoms with Crippen molar-refractivity contribution in [1.82, 2.24) is 4.98 Å². The van der Waals surface area contributed by atoms with Gasteiger partial charge in [0.1, 0.15) is 0 Å². The first kappa shape index (κ1) is 8.91. The topological polar surface area (TPSA) is 33.1 Å². The van der Waals surface area contributed by atoms with Crippen molar-refractivity contribution in [2.45, 2.75) is 6.61 Å². The van der Waals surface area contributed by atoms with Crippen LogP contribution in [0.1, 0.15) is 5.56 Å². The number of aliphatic hydroxyl groups excluding tert-OH is 1. The second kappa shape index (κ2) is 4.03. The average molecular weight is 185 g/mol. The van der Waals surface area contributed by atoms with Gasteiger partial charge < -0.3 is 5.11 Å². The Bertz CT molecular complexity index is 412. The normalized spacial score (nSPS) is 10.1. The van der Waals surface area contributed by atoms with E-state index in [-0.39, 0.29) is 6.61 Å². The molecule has 2 rings (SSSR count). The summed E-state index contributed by atoms with van der Waals surface area (Å²) in [5, 5.41) is 9.16. The Hall–Kier alpha value is -1.67.